The van der Waals surface area contributed by atoms with Crippen molar-refractivity contribution < 1.29 is 18.3 Å². The predicted molar refractivity (Wildman–Crippen MR) is 65.7 cm³/mol. The second-order valence-electron chi connectivity index (χ2n) is 5.00. The van der Waals surface area contributed by atoms with E-state index >= 15 is 0 Å². The summed E-state index contributed by atoms with van der Waals surface area (Å²) in [5.41, 5.74) is 0. The van der Waals surface area contributed by atoms with E-state index in [-0.39, 0.29) is 5.75 Å². The van der Waals surface area contributed by atoms with Crippen molar-refractivity contribution in [3.05, 3.63) is 0 Å². The first-order valence-corrected chi connectivity index (χ1v) is 8.00. The van der Waals surface area contributed by atoms with Gasteiger partial charge in [0.2, 0.25) is 0 Å². The summed E-state index contributed by atoms with van der Waals surface area (Å²) in [6.45, 7) is 3.36. The molecule has 17 heavy (non-hydrogen) atoms. The summed E-state index contributed by atoms with van der Waals surface area (Å²) in [6.07, 6.45) is 3.37. The highest BCUT2D eigenvalue weighted by Crippen LogP contribution is 2.22. The fraction of sp³-hybridized carbons (Fsp3) is 0.909. The lowest BCUT2D eigenvalue weighted by Gasteiger charge is -2.35. The summed E-state index contributed by atoms with van der Waals surface area (Å²) in [6, 6.07) is -0.446. The number of sulfone groups is 1. The molecule has 0 saturated carbocycles. The molecule has 0 amide bonds. The summed E-state index contributed by atoms with van der Waals surface area (Å²) >= 11 is 0. The number of nitrogens with zero attached hydrogens (tertiary/aromatic N) is 1. The van der Waals surface area contributed by atoms with Crippen LogP contribution in [0.5, 0.6) is 0 Å². The third-order valence-corrected chi connectivity index (χ3v) is 4.25. The van der Waals surface area contributed by atoms with Crippen molar-refractivity contribution in [2.75, 3.05) is 25.1 Å². The maximum absolute atomic E-state index is 11.1. The third-order valence-electron chi connectivity index (χ3n) is 3.22. The molecule has 2 atom stereocenters. The van der Waals surface area contributed by atoms with Gasteiger partial charge in [-0.25, -0.2) is 8.42 Å². The molecule has 1 fully saturated rings. The minimum absolute atomic E-state index is 0.130. The van der Waals surface area contributed by atoms with Crippen molar-refractivity contribution in [2.24, 2.45) is 5.92 Å². The monoisotopic (exact) mass is 263 g/mol. The Labute approximate surface area is 103 Å². The highest BCUT2D eigenvalue weighted by atomic mass is 32.2. The molecule has 2 unspecified atom stereocenters. The van der Waals surface area contributed by atoms with E-state index < -0.39 is 21.8 Å². The van der Waals surface area contributed by atoms with E-state index in [0.29, 0.717) is 25.3 Å². The molecule has 1 rings (SSSR count). The molecule has 1 aliphatic rings. The van der Waals surface area contributed by atoms with Gasteiger partial charge in [-0.2, -0.15) is 0 Å². The summed E-state index contributed by atoms with van der Waals surface area (Å²) in [4.78, 5) is 13.0. The summed E-state index contributed by atoms with van der Waals surface area (Å²) in [7, 11) is -2.95. The Morgan fingerprint density at radius 2 is 2.12 bits per heavy atom. The molecule has 1 saturated heterocycles. The highest BCUT2D eigenvalue weighted by Gasteiger charge is 2.31. The molecule has 0 aromatic rings. The van der Waals surface area contributed by atoms with Crippen LogP contribution in [0.2, 0.25) is 0 Å². The van der Waals surface area contributed by atoms with Gasteiger partial charge in [0.15, 0.2) is 0 Å². The average molecular weight is 263 g/mol. The van der Waals surface area contributed by atoms with E-state index in [1.807, 2.05) is 4.90 Å². The van der Waals surface area contributed by atoms with Gasteiger partial charge in [-0.1, -0.05) is 6.92 Å². The van der Waals surface area contributed by atoms with Gasteiger partial charge in [-0.05, 0) is 38.3 Å². The van der Waals surface area contributed by atoms with Gasteiger partial charge in [0.05, 0.1) is 5.75 Å². The van der Waals surface area contributed by atoms with Crippen LogP contribution in [0.25, 0.3) is 0 Å². The van der Waals surface area contributed by atoms with Crippen molar-refractivity contribution in [1.29, 1.82) is 0 Å². The number of hydrogen-bond acceptors (Lipinski definition) is 4. The largest absolute Gasteiger partial charge is 0.480 e. The van der Waals surface area contributed by atoms with E-state index in [9.17, 15) is 13.2 Å². The van der Waals surface area contributed by atoms with Crippen LogP contribution < -0.4 is 0 Å². The average Bonchev–Trinajstić information content (AvgIpc) is 2.18. The first kappa shape index (κ1) is 14.4. The van der Waals surface area contributed by atoms with Gasteiger partial charge in [-0.3, -0.25) is 9.69 Å². The number of carbonyl (C=O) groups is 1. The van der Waals surface area contributed by atoms with Gasteiger partial charge in [0.1, 0.15) is 15.9 Å². The number of carboxylic acids is 1. The molecule has 100 valence electrons. The quantitative estimate of drug-likeness (QED) is 0.786. The van der Waals surface area contributed by atoms with Crippen LogP contribution in [-0.4, -0.2) is 55.5 Å². The molecule has 0 bridgehead atoms. The van der Waals surface area contributed by atoms with Crippen molar-refractivity contribution >= 4 is 15.8 Å². The fourth-order valence-corrected chi connectivity index (χ4v) is 2.90. The lowest BCUT2D eigenvalue weighted by Crippen LogP contribution is -2.47. The molecule has 1 aliphatic heterocycles. The second-order valence-corrected chi connectivity index (χ2v) is 7.26. The SMILES string of the molecule is CC1CCN(CCCS(C)(=O)=O)C(C(=O)O)C1. The van der Waals surface area contributed by atoms with Crippen LogP contribution in [0.15, 0.2) is 0 Å². The molecule has 6 heteroatoms. The minimum Gasteiger partial charge on any atom is -0.480 e. The van der Waals surface area contributed by atoms with Crippen LogP contribution in [0, 0.1) is 5.92 Å². The molecule has 0 radical (unpaired) electrons. The highest BCUT2D eigenvalue weighted by molar-refractivity contribution is 7.90. The van der Waals surface area contributed by atoms with Crippen molar-refractivity contribution in [2.45, 2.75) is 32.2 Å². The summed E-state index contributed by atoms with van der Waals surface area (Å²) in [5.74, 6) is -0.232. The van der Waals surface area contributed by atoms with E-state index in [1.54, 1.807) is 0 Å². The van der Waals surface area contributed by atoms with Crippen LogP contribution in [0.3, 0.4) is 0 Å². The Balaban J connectivity index is 2.48. The number of carboxylic acid groups (broad SMARTS) is 1. The van der Waals surface area contributed by atoms with Crippen molar-refractivity contribution in [3.63, 3.8) is 0 Å². The third kappa shape index (κ3) is 5.04. The molecular weight excluding hydrogens is 242 g/mol. The Bertz CT molecular complexity index is 366. The van der Waals surface area contributed by atoms with Gasteiger partial charge in [0, 0.05) is 6.26 Å². The lowest BCUT2D eigenvalue weighted by molar-refractivity contribution is -0.145. The first-order valence-electron chi connectivity index (χ1n) is 5.94. The molecular formula is C11H21NO4S. The normalized spacial score (nSPS) is 26.9. The van der Waals surface area contributed by atoms with Crippen molar-refractivity contribution in [1.82, 2.24) is 4.90 Å². The Kier molecular flexibility index (Phi) is 4.94. The molecule has 1 heterocycles. The Morgan fingerprint density at radius 3 is 2.65 bits per heavy atom. The number of piperidine rings is 1. The zero-order valence-corrected chi connectivity index (χ0v) is 11.2. The van der Waals surface area contributed by atoms with E-state index in [1.165, 1.54) is 6.26 Å². The number of hydrogen-bond donors (Lipinski definition) is 1. The molecule has 5 nitrogen and oxygen atoms in total. The van der Waals surface area contributed by atoms with Crippen LogP contribution in [0.1, 0.15) is 26.2 Å². The maximum Gasteiger partial charge on any atom is 0.320 e. The van der Waals surface area contributed by atoms with Crippen LogP contribution >= 0.6 is 0 Å². The van der Waals surface area contributed by atoms with Gasteiger partial charge in [0.25, 0.3) is 0 Å². The molecule has 0 aliphatic carbocycles. The van der Waals surface area contributed by atoms with Gasteiger partial charge >= 0.3 is 5.97 Å². The molecule has 1 N–H and O–H groups in total. The predicted octanol–water partition coefficient (Wildman–Crippen LogP) is 0.606. The zero-order chi connectivity index (χ0) is 13.1. The van der Waals surface area contributed by atoms with Crippen LogP contribution in [-0.2, 0) is 14.6 Å². The standard InChI is InChI=1S/C11H21NO4S/c1-9-4-6-12(10(8-9)11(13)14)5-3-7-17(2,15)16/h9-10H,3-8H2,1-2H3,(H,13,14). The zero-order valence-electron chi connectivity index (χ0n) is 10.4. The van der Waals surface area contributed by atoms with E-state index in [0.717, 1.165) is 13.0 Å². The number of rotatable bonds is 5. The molecule has 0 aromatic carbocycles. The van der Waals surface area contributed by atoms with Crippen LogP contribution in [0.4, 0.5) is 0 Å². The lowest BCUT2D eigenvalue weighted by atomic mass is 9.92. The summed E-state index contributed by atoms with van der Waals surface area (Å²) in [5, 5.41) is 9.13. The minimum atomic E-state index is -2.95. The topological polar surface area (TPSA) is 74.7 Å². The first-order chi connectivity index (χ1) is 7.79. The maximum atomic E-state index is 11.1. The fourth-order valence-electron chi connectivity index (χ4n) is 2.24. The summed E-state index contributed by atoms with van der Waals surface area (Å²) < 4.78 is 22.0. The smallest absolute Gasteiger partial charge is 0.320 e. The molecule has 0 aromatic heterocycles. The van der Waals surface area contributed by atoms with E-state index in [2.05, 4.69) is 6.92 Å². The Morgan fingerprint density at radius 1 is 1.47 bits per heavy atom. The van der Waals surface area contributed by atoms with Gasteiger partial charge in [-0.15, -0.1) is 0 Å². The number of likely N-dealkylation sites (tertiary alicyclic amines) is 1. The van der Waals surface area contributed by atoms with Gasteiger partial charge < -0.3 is 5.11 Å². The second kappa shape index (κ2) is 5.82. The number of aliphatic carboxylic acids is 1. The molecule has 0 spiro atoms. The van der Waals surface area contributed by atoms with E-state index in [4.69, 9.17) is 5.11 Å². The van der Waals surface area contributed by atoms with Crippen molar-refractivity contribution in [3.8, 4) is 0 Å². The Hall–Kier alpha value is -0.620.